The molecule has 3 aromatic rings. The van der Waals surface area contributed by atoms with Crippen LogP contribution in [0.5, 0.6) is 17.2 Å². The fourth-order valence-electron chi connectivity index (χ4n) is 3.14. The molecule has 9 nitrogen and oxygen atoms in total. The van der Waals surface area contributed by atoms with Gasteiger partial charge in [-0.3, -0.25) is 10.1 Å². The first-order valence-corrected chi connectivity index (χ1v) is 10.6. The molecular formula is C26H23NO8. The van der Waals surface area contributed by atoms with Gasteiger partial charge in [-0.15, -0.1) is 0 Å². The zero-order valence-electron chi connectivity index (χ0n) is 18.9. The van der Waals surface area contributed by atoms with Crippen LogP contribution in [0.1, 0.15) is 23.2 Å². The summed E-state index contributed by atoms with van der Waals surface area (Å²) in [6.45, 7) is 3.74. The van der Waals surface area contributed by atoms with Crippen molar-refractivity contribution in [1.29, 1.82) is 0 Å². The summed E-state index contributed by atoms with van der Waals surface area (Å²) in [5.74, 6) is -0.819. The maximum Gasteiger partial charge on any atom is 0.343 e. The summed E-state index contributed by atoms with van der Waals surface area (Å²) in [6.07, 6.45) is 0.779. The summed E-state index contributed by atoms with van der Waals surface area (Å²) in [7, 11) is 1.55. The Morgan fingerprint density at radius 2 is 1.60 bits per heavy atom. The Balaban J connectivity index is 1.65. The zero-order valence-corrected chi connectivity index (χ0v) is 18.9. The van der Waals surface area contributed by atoms with Gasteiger partial charge in [0, 0.05) is 11.6 Å². The number of methoxy groups -OCH3 is 1. The van der Waals surface area contributed by atoms with Crippen LogP contribution in [-0.4, -0.2) is 35.7 Å². The van der Waals surface area contributed by atoms with Crippen molar-refractivity contribution in [2.75, 3.05) is 13.7 Å². The molecule has 0 amide bonds. The fourth-order valence-corrected chi connectivity index (χ4v) is 3.14. The van der Waals surface area contributed by atoms with Gasteiger partial charge in [-0.1, -0.05) is 24.8 Å². The molecule has 0 bridgehead atoms. The van der Waals surface area contributed by atoms with Crippen LogP contribution in [0.3, 0.4) is 0 Å². The first-order chi connectivity index (χ1) is 16.8. The van der Waals surface area contributed by atoms with E-state index in [0.717, 1.165) is 5.56 Å². The van der Waals surface area contributed by atoms with Crippen molar-refractivity contribution in [2.24, 2.45) is 0 Å². The molecule has 0 aliphatic carbocycles. The number of hydrogen-bond acceptors (Lipinski definition) is 7. The number of rotatable bonds is 11. The minimum Gasteiger partial charge on any atom is -0.497 e. The smallest absolute Gasteiger partial charge is 0.343 e. The highest BCUT2D eigenvalue weighted by Gasteiger charge is 2.20. The molecule has 0 atom stereocenters. The minimum absolute atomic E-state index is 0.109. The minimum atomic E-state index is -1.04. The van der Waals surface area contributed by atoms with Crippen LogP contribution >= 0.6 is 0 Å². The number of carboxylic acids is 1. The lowest BCUT2D eigenvalue weighted by molar-refractivity contribution is -0.385. The average Bonchev–Trinajstić information content (AvgIpc) is 2.86. The van der Waals surface area contributed by atoms with Crippen LogP contribution in [0.2, 0.25) is 0 Å². The van der Waals surface area contributed by atoms with Gasteiger partial charge in [0.1, 0.15) is 11.5 Å². The van der Waals surface area contributed by atoms with Crippen molar-refractivity contribution in [2.45, 2.75) is 12.8 Å². The highest BCUT2D eigenvalue weighted by Crippen LogP contribution is 2.33. The predicted molar refractivity (Wildman–Crippen MR) is 128 cm³/mol. The Labute approximate surface area is 201 Å². The molecule has 0 aliphatic heterocycles. The fraction of sp³-hybridized carbons (Fsp3) is 0.154. The predicted octanol–water partition coefficient (Wildman–Crippen LogP) is 5.29. The van der Waals surface area contributed by atoms with Gasteiger partial charge < -0.3 is 19.3 Å². The number of aliphatic carboxylic acids is 1. The molecule has 0 saturated heterocycles. The van der Waals surface area contributed by atoms with E-state index < -0.39 is 16.9 Å². The lowest BCUT2D eigenvalue weighted by Crippen LogP contribution is -2.10. The Kier molecular flexibility index (Phi) is 8.18. The second kappa shape index (κ2) is 11.5. The standard InChI is InChI=1S/C26H23NO8/c1-17(25(28)29)4-3-15-34-22-12-7-19(8-13-22)26(30)35-24-14-9-20(16-23(24)27(31)32)18-5-10-21(33-2)11-6-18/h5-14,16H,1,3-4,15H2,2H3,(H,28,29). The van der Waals surface area contributed by atoms with E-state index in [1.165, 1.54) is 24.3 Å². The SMILES string of the molecule is C=C(CCCOc1ccc(C(=O)Oc2ccc(-c3ccc(OC)cc3)cc2[N+](=O)[O-])cc1)C(=O)O. The number of hydrogen-bond donors (Lipinski definition) is 1. The summed E-state index contributed by atoms with van der Waals surface area (Å²) in [6, 6.07) is 17.5. The van der Waals surface area contributed by atoms with Crippen LogP contribution in [0.15, 0.2) is 78.9 Å². The molecule has 3 rings (SSSR count). The molecule has 0 fully saturated rings. The molecule has 0 heterocycles. The number of benzene rings is 3. The molecule has 0 radical (unpaired) electrons. The Morgan fingerprint density at radius 3 is 2.20 bits per heavy atom. The topological polar surface area (TPSA) is 125 Å². The molecule has 35 heavy (non-hydrogen) atoms. The molecule has 0 unspecified atom stereocenters. The Bertz CT molecular complexity index is 1230. The molecule has 0 spiro atoms. The average molecular weight is 477 g/mol. The Morgan fingerprint density at radius 1 is 0.971 bits per heavy atom. The van der Waals surface area contributed by atoms with E-state index in [1.807, 2.05) is 0 Å². The number of nitro benzene ring substituents is 1. The van der Waals surface area contributed by atoms with E-state index >= 15 is 0 Å². The Hall–Kier alpha value is -4.66. The number of ether oxygens (including phenoxy) is 3. The first-order valence-electron chi connectivity index (χ1n) is 10.6. The largest absolute Gasteiger partial charge is 0.497 e. The second-order valence-corrected chi connectivity index (χ2v) is 7.44. The number of esters is 1. The summed E-state index contributed by atoms with van der Waals surface area (Å²) < 4.78 is 16.0. The highest BCUT2D eigenvalue weighted by atomic mass is 16.6. The van der Waals surface area contributed by atoms with Crippen molar-refractivity contribution >= 4 is 17.6 Å². The summed E-state index contributed by atoms with van der Waals surface area (Å²) in [5, 5.41) is 20.4. The van der Waals surface area contributed by atoms with Crippen molar-refractivity contribution in [1.82, 2.24) is 0 Å². The molecule has 180 valence electrons. The highest BCUT2D eigenvalue weighted by molar-refractivity contribution is 5.92. The summed E-state index contributed by atoms with van der Waals surface area (Å²) in [5.41, 5.74) is 1.29. The van der Waals surface area contributed by atoms with Crippen LogP contribution in [-0.2, 0) is 4.79 Å². The third-order valence-electron chi connectivity index (χ3n) is 5.07. The van der Waals surface area contributed by atoms with Crippen molar-refractivity contribution in [3.63, 3.8) is 0 Å². The van der Waals surface area contributed by atoms with Gasteiger partial charge in [0.25, 0.3) is 0 Å². The summed E-state index contributed by atoms with van der Waals surface area (Å²) >= 11 is 0. The van der Waals surface area contributed by atoms with Crippen molar-refractivity contribution < 1.29 is 33.8 Å². The monoisotopic (exact) mass is 477 g/mol. The van der Waals surface area contributed by atoms with Crippen molar-refractivity contribution in [3.8, 4) is 28.4 Å². The number of carboxylic acid groups (broad SMARTS) is 1. The van der Waals surface area contributed by atoms with Gasteiger partial charge in [0.05, 0.1) is 24.2 Å². The molecule has 3 aromatic carbocycles. The van der Waals surface area contributed by atoms with Crippen LogP contribution in [0.25, 0.3) is 11.1 Å². The van der Waals surface area contributed by atoms with E-state index in [4.69, 9.17) is 19.3 Å². The normalized spacial score (nSPS) is 10.3. The van der Waals surface area contributed by atoms with E-state index in [1.54, 1.807) is 49.6 Å². The van der Waals surface area contributed by atoms with Gasteiger partial charge in [-0.25, -0.2) is 9.59 Å². The molecule has 1 N–H and O–H groups in total. The number of nitro groups is 1. The summed E-state index contributed by atoms with van der Waals surface area (Å²) in [4.78, 5) is 34.3. The van der Waals surface area contributed by atoms with Gasteiger partial charge >= 0.3 is 17.6 Å². The lowest BCUT2D eigenvalue weighted by atomic mass is 10.0. The van der Waals surface area contributed by atoms with Gasteiger partial charge in [-0.2, -0.15) is 0 Å². The number of carbonyl (C=O) groups excluding carboxylic acids is 1. The van der Waals surface area contributed by atoms with E-state index in [0.29, 0.717) is 29.9 Å². The zero-order chi connectivity index (χ0) is 25.4. The molecule has 0 saturated carbocycles. The van der Waals surface area contributed by atoms with Gasteiger partial charge in [0.15, 0.2) is 0 Å². The maximum atomic E-state index is 12.6. The quantitative estimate of drug-likeness (QED) is 0.0986. The van der Waals surface area contributed by atoms with Crippen molar-refractivity contribution in [3.05, 3.63) is 94.6 Å². The maximum absolute atomic E-state index is 12.6. The van der Waals surface area contributed by atoms with Gasteiger partial charge in [0.2, 0.25) is 5.75 Å². The number of nitrogens with zero attached hydrogens (tertiary/aromatic N) is 1. The molecular weight excluding hydrogens is 454 g/mol. The van der Waals surface area contributed by atoms with E-state index in [2.05, 4.69) is 6.58 Å². The van der Waals surface area contributed by atoms with Crippen LogP contribution in [0.4, 0.5) is 5.69 Å². The molecule has 9 heteroatoms. The van der Waals surface area contributed by atoms with E-state index in [-0.39, 0.29) is 29.2 Å². The second-order valence-electron chi connectivity index (χ2n) is 7.44. The molecule has 0 aliphatic rings. The lowest BCUT2D eigenvalue weighted by Gasteiger charge is -2.09. The third kappa shape index (κ3) is 6.67. The molecule has 0 aromatic heterocycles. The third-order valence-corrected chi connectivity index (χ3v) is 5.07. The van der Waals surface area contributed by atoms with Crippen LogP contribution in [0, 0.1) is 10.1 Å². The van der Waals surface area contributed by atoms with E-state index in [9.17, 15) is 19.7 Å². The van der Waals surface area contributed by atoms with Gasteiger partial charge in [-0.05, 0) is 66.4 Å². The van der Waals surface area contributed by atoms with Crippen LogP contribution < -0.4 is 14.2 Å². The number of carbonyl (C=O) groups is 2. The first kappa shape index (κ1) is 25.0.